The fourth-order valence-corrected chi connectivity index (χ4v) is 2.06. The van der Waals surface area contributed by atoms with E-state index in [-0.39, 0.29) is 0 Å². The van der Waals surface area contributed by atoms with Gasteiger partial charge in [-0.3, -0.25) is 0 Å². The predicted molar refractivity (Wildman–Crippen MR) is 63.2 cm³/mol. The molecule has 0 bridgehead atoms. The van der Waals surface area contributed by atoms with Gasteiger partial charge in [0.15, 0.2) is 5.82 Å². The number of nitrogens with two attached hydrogens (primary N) is 1. The van der Waals surface area contributed by atoms with Crippen molar-refractivity contribution in [1.29, 1.82) is 5.26 Å². The first-order valence-electron chi connectivity index (χ1n) is 4.55. The first-order chi connectivity index (χ1) is 7.74. The number of ether oxygens (including phenoxy) is 1. The Morgan fingerprint density at radius 3 is 2.56 bits per heavy atom. The molecule has 1 heterocycles. The molecule has 2 aromatic rings. The van der Waals surface area contributed by atoms with E-state index >= 15 is 0 Å². The monoisotopic (exact) mass is 231 g/mol. The summed E-state index contributed by atoms with van der Waals surface area (Å²) in [6, 6.07) is 9.48. The number of nitriles is 1. The lowest BCUT2D eigenvalue weighted by molar-refractivity contribution is 0.415. The van der Waals surface area contributed by atoms with Gasteiger partial charge in [0.2, 0.25) is 0 Å². The highest BCUT2D eigenvalue weighted by molar-refractivity contribution is 7.16. The second-order valence-electron chi connectivity index (χ2n) is 3.07. The molecule has 1 aromatic carbocycles. The molecule has 5 heteroatoms. The van der Waals surface area contributed by atoms with Gasteiger partial charge >= 0.3 is 0 Å². The van der Waals surface area contributed by atoms with E-state index in [9.17, 15) is 0 Å². The van der Waals surface area contributed by atoms with E-state index in [0.29, 0.717) is 10.7 Å². The Bertz CT molecular complexity index is 539. The first kappa shape index (κ1) is 10.5. The number of benzene rings is 1. The second kappa shape index (κ2) is 4.21. The third kappa shape index (κ3) is 1.83. The molecular formula is C11H9N3OS. The zero-order chi connectivity index (χ0) is 11.5. The van der Waals surface area contributed by atoms with Gasteiger partial charge in [0, 0.05) is 5.56 Å². The summed E-state index contributed by atoms with van der Waals surface area (Å²) in [5, 5.41) is 9.53. The molecule has 0 spiro atoms. The molecule has 1 aromatic heterocycles. The molecule has 0 saturated heterocycles. The second-order valence-corrected chi connectivity index (χ2v) is 4.07. The predicted octanol–water partition coefficient (Wildman–Crippen LogP) is 2.27. The highest BCUT2D eigenvalue weighted by atomic mass is 32.1. The summed E-state index contributed by atoms with van der Waals surface area (Å²) in [6.07, 6.45) is 0. The number of hydrogen-bond acceptors (Lipinski definition) is 5. The summed E-state index contributed by atoms with van der Waals surface area (Å²) < 4.78 is 5.06. The zero-order valence-electron chi connectivity index (χ0n) is 8.60. The maximum Gasteiger partial charge on any atom is 0.153 e. The van der Waals surface area contributed by atoms with Gasteiger partial charge in [-0.05, 0) is 24.3 Å². The molecule has 0 unspecified atom stereocenters. The van der Waals surface area contributed by atoms with Crippen molar-refractivity contribution in [1.82, 2.24) is 4.98 Å². The van der Waals surface area contributed by atoms with Gasteiger partial charge in [-0.25, -0.2) is 4.98 Å². The van der Waals surface area contributed by atoms with Crippen molar-refractivity contribution >= 4 is 17.2 Å². The van der Waals surface area contributed by atoms with E-state index in [1.54, 1.807) is 7.11 Å². The van der Waals surface area contributed by atoms with Crippen molar-refractivity contribution < 1.29 is 4.74 Å². The lowest BCUT2D eigenvalue weighted by Gasteiger charge is -1.99. The molecule has 0 atom stereocenters. The molecule has 2 N–H and O–H groups in total. The summed E-state index contributed by atoms with van der Waals surface area (Å²) >= 11 is 1.29. The molecule has 0 amide bonds. The van der Waals surface area contributed by atoms with Crippen molar-refractivity contribution in [2.45, 2.75) is 0 Å². The molecule has 0 aliphatic carbocycles. The van der Waals surface area contributed by atoms with E-state index in [1.807, 2.05) is 30.3 Å². The minimum absolute atomic E-state index is 0.290. The number of methoxy groups -OCH3 is 1. The lowest BCUT2D eigenvalue weighted by atomic mass is 10.2. The molecule has 0 aliphatic heterocycles. The third-order valence-electron chi connectivity index (χ3n) is 2.09. The minimum Gasteiger partial charge on any atom is -0.497 e. The van der Waals surface area contributed by atoms with Gasteiger partial charge in [0.25, 0.3) is 0 Å². The molecule has 4 nitrogen and oxygen atoms in total. The van der Waals surface area contributed by atoms with E-state index in [1.165, 1.54) is 11.3 Å². The van der Waals surface area contributed by atoms with E-state index < -0.39 is 0 Å². The van der Waals surface area contributed by atoms with E-state index in [2.05, 4.69) is 4.98 Å². The Morgan fingerprint density at radius 2 is 2.06 bits per heavy atom. The normalized spacial score (nSPS) is 9.75. The molecule has 0 radical (unpaired) electrons. The zero-order valence-corrected chi connectivity index (χ0v) is 9.41. The number of rotatable bonds is 2. The van der Waals surface area contributed by atoms with Crippen LogP contribution in [0.5, 0.6) is 5.75 Å². The van der Waals surface area contributed by atoms with Crippen LogP contribution in [0.15, 0.2) is 24.3 Å². The number of nitrogens with zero attached hydrogens (tertiary/aromatic N) is 2. The molecule has 80 valence electrons. The van der Waals surface area contributed by atoms with Crippen LogP contribution in [0.1, 0.15) is 4.88 Å². The van der Waals surface area contributed by atoms with Crippen molar-refractivity contribution in [3.8, 4) is 22.4 Å². The Hall–Kier alpha value is -2.06. The fourth-order valence-electron chi connectivity index (χ4n) is 1.27. The van der Waals surface area contributed by atoms with Crippen LogP contribution < -0.4 is 10.5 Å². The van der Waals surface area contributed by atoms with Crippen LogP contribution in [0.4, 0.5) is 5.82 Å². The third-order valence-corrected chi connectivity index (χ3v) is 3.12. The Labute approximate surface area is 96.9 Å². The Balaban J connectivity index is 2.39. The van der Waals surface area contributed by atoms with Crippen molar-refractivity contribution in [3.63, 3.8) is 0 Å². The minimum atomic E-state index is 0.290. The highest BCUT2D eigenvalue weighted by Gasteiger charge is 2.09. The number of aromatic nitrogens is 1. The van der Waals surface area contributed by atoms with Crippen LogP contribution >= 0.6 is 11.3 Å². The van der Waals surface area contributed by atoms with Crippen molar-refractivity contribution in [3.05, 3.63) is 29.1 Å². The van der Waals surface area contributed by atoms with Crippen LogP contribution in [0.2, 0.25) is 0 Å². The fraction of sp³-hybridized carbons (Fsp3) is 0.0909. The van der Waals surface area contributed by atoms with Crippen LogP contribution in [-0.2, 0) is 0 Å². The van der Waals surface area contributed by atoms with Gasteiger partial charge in [-0.15, -0.1) is 11.3 Å². The molecule has 16 heavy (non-hydrogen) atoms. The van der Waals surface area contributed by atoms with E-state index in [0.717, 1.165) is 16.3 Å². The van der Waals surface area contributed by atoms with Gasteiger partial charge in [0.05, 0.1) is 7.11 Å². The summed E-state index contributed by atoms with van der Waals surface area (Å²) in [5.74, 6) is 1.08. The van der Waals surface area contributed by atoms with Crippen LogP contribution in [-0.4, -0.2) is 12.1 Å². The Kier molecular flexibility index (Phi) is 2.75. The largest absolute Gasteiger partial charge is 0.497 e. The first-order valence-corrected chi connectivity index (χ1v) is 5.37. The molecular weight excluding hydrogens is 222 g/mol. The Morgan fingerprint density at radius 1 is 1.38 bits per heavy atom. The van der Waals surface area contributed by atoms with Crippen LogP contribution in [0.3, 0.4) is 0 Å². The van der Waals surface area contributed by atoms with Crippen LogP contribution in [0.25, 0.3) is 10.6 Å². The molecule has 0 saturated carbocycles. The SMILES string of the molecule is COc1ccc(-c2nc(N)c(C#N)s2)cc1. The van der Waals surface area contributed by atoms with Gasteiger partial charge in [0.1, 0.15) is 21.7 Å². The quantitative estimate of drug-likeness (QED) is 0.860. The number of thiazole rings is 1. The average Bonchev–Trinajstić information content (AvgIpc) is 2.71. The number of anilines is 1. The van der Waals surface area contributed by atoms with Gasteiger partial charge in [-0.2, -0.15) is 5.26 Å². The average molecular weight is 231 g/mol. The number of nitrogen functional groups attached to an aromatic ring is 1. The molecule has 2 rings (SSSR count). The molecule has 0 fully saturated rings. The van der Waals surface area contributed by atoms with E-state index in [4.69, 9.17) is 15.7 Å². The summed E-state index contributed by atoms with van der Waals surface area (Å²) in [4.78, 5) is 4.59. The topological polar surface area (TPSA) is 71.9 Å². The standard InChI is InChI=1S/C11H9N3OS/c1-15-8-4-2-7(3-5-8)11-14-10(13)9(6-12)16-11/h2-5H,13H2,1H3. The maximum absolute atomic E-state index is 8.78. The summed E-state index contributed by atoms with van der Waals surface area (Å²) in [5.41, 5.74) is 6.53. The maximum atomic E-state index is 8.78. The van der Waals surface area contributed by atoms with Gasteiger partial charge < -0.3 is 10.5 Å². The summed E-state index contributed by atoms with van der Waals surface area (Å²) in [7, 11) is 1.62. The number of hydrogen-bond donors (Lipinski definition) is 1. The summed E-state index contributed by atoms with van der Waals surface area (Å²) in [6.45, 7) is 0. The molecule has 0 aliphatic rings. The lowest BCUT2D eigenvalue weighted by Crippen LogP contribution is -1.86. The highest BCUT2D eigenvalue weighted by Crippen LogP contribution is 2.29. The van der Waals surface area contributed by atoms with Crippen molar-refractivity contribution in [2.75, 3.05) is 12.8 Å². The van der Waals surface area contributed by atoms with Crippen molar-refractivity contribution in [2.24, 2.45) is 0 Å². The smallest absolute Gasteiger partial charge is 0.153 e. The van der Waals surface area contributed by atoms with Gasteiger partial charge in [-0.1, -0.05) is 0 Å². The van der Waals surface area contributed by atoms with Crippen LogP contribution in [0, 0.1) is 11.3 Å².